The van der Waals surface area contributed by atoms with Crippen LogP contribution in [0.4, 0.5) is 20.5 Å². The second kappa shape index (κ2) is 8.61. The molecule has 1 unspecified atom stereocenters. The Morgan fingerprint density at radius 1 is 1.21 bits per heavy atom. The Bertz CT molecular complexity index is 1470. The van der Waals surface area contributed by atoms with Gasteiger partial charge in [0.05, 0.1) is 33.2 Å². The average Bonchev–Trinajstić information content (AvgIpc) is 3.29. The number of H-pyrrole nitrogens is 1. The second-order valence-electron chi connectivity index (χ2n) is 6.77. The van der Waals surface area contributed by atoms with Crippen molar-refractivity contribution in [1.82, 2.24) is 29.7 Å². The summed E-state index contributed by atoms with van der Waals surface area (Å²) in [6.45, 7) is 1.58. The van der Waals surface area contributed by atoms with Crippen LogP contribution in [0, 0.1) is 11.3 Å². The van der Waals surface area contributed by atoms with Gasteiger partial charge in [0.25, 0.3) is 12.0 Å². The molecule has 33 heavy (non-hydrogen) atoms. The largest absolute Gasteiger partial charge is 0.368 e. The van der Waals surface area contributed by atoms with Crippen LogP contribution in [0.1, 0.15) is 36.5 Å². The van der Waals surface area contributed by atoms with Crippen molar-refractivity contribution in [2.75, 3.05) is 11.1 Å². The fraction of sp³-hybridized carbons (Fsp3) is 0.158. The van der Waals surface area contributed by atoms with E-state index in [2.05, 4.69) is 30.5 Å². The molecular formula is C19H13Cl2F2N9O. The number of aromatic amines is 1. The number of alkyl halides is 2. The molecule has 3 heterocycles. The number of anilines is 2. The minimum absolute atomic E-state index is 0.0821. The van der Waals surface area contributed by atoms with E-state index >= 15 is 0 Å². The van der Waals surface area contributed by atoms with Crippen molar-refractivity contribution < 1.29 is 8.78 Å². The Hall–Kier alpha value is -3.82. The highest BCUT2D eigenvalue weighted by molar-refractivity contribution is 6.39. The number of hydrogen-bond donors (Lipinski definition) is 3. The van der Waals surface area contributed by atoms with Gasteiger partial charge in [0.1, 0.15) is 29.0 Å². The van der Waals surface area contributed by atoms with E-state index in [1.54, 1.807) is 13.0 Å². The van der Waals surface area contributed by atoms with Gasteiger partial charge in [-0.1, -0.05) is 23.2 Å². The first-order chi connectivity index (χ1) is 15.7. The molecule has 4 N–H and O–H groups in total. The molecule has 0 aliphatic heterocycles. The molecule has 10 nitrogen and oxygen atoms in total. The molecule has 168 valence electrons. The number of halogens is 4. The molecule has 0 radical (unpaired) electrons. The van der Waals surface area contributed by atoms with Crippen LogP contribution in [-0.2, 0) is 0 Å². The second-order valence-corrected chi connectivity index (χ2v) is 7.59. The molecule has 3 aromatic heterocycles. The summed E-state index contributed by atoms with van der Waals surface area (Å²) < 4.78 is 28.0. The van der Waals surface area contributed by atoms with Crippen LogP contribution in [0.25, 0.3) is 16.7 Å². The zero-order chi connectivity index (χ0) is 23.9. The number of benzene rings is 1. The summed E-state index contributed by atoms with van der Waals surface area (Å²) in [7, 11) is 0. The van der Waals surface area contributed by atoms with Crippen molar-refractivity contribution in [2.45, 2.75) is 19.4 Å². The van der Waals surface area contributed by atoms with E-state index in [0.29, 0.717) is 0 Å². The van der Waals surface area contributed by atoms with Gasteiger partial charge in [-0.05, 0) is 19.1 Å². The normalized spacial score (nSPS) is 12.2. The minimum Gasteiger partial charge on any atom is -0.368 e. The zero-order valence-corrected chi connectivity index (χ0v) is 18.2. The van der Waals surface area contributed by atoms with Gasteiger partial charge >= 0.3 is 0 Å². The Morgan fingerprint density at radius 2 is 1.94 bits per heavy atom. The fourth-order valence-electron chi connectivity index (χ4n) is 3.27. The van der Waals surface area contributed by atoms with Crippen LogP contribution < -0.4 is 16.6 Å². The highest BCUT2D eigenvalue weighted by atomic mass is 35.5. The lowest BCUT2D eigenvalue weighted by atomic mass is 10.2. The first kappa shape index (κ1) is 22.4. The van der Waals surface area contributed by atoms with Gasteiger partial charge in [-0.25, -0.2) is 23.3 Å². The van der Waals surface area contributed by atoms with Crippen LogP contribution in [0.2, 0.25) is 10.0 Å². The third-order valence-electron chi connectivity index (χ3n) is 4.69. The molecule has 0 amide bonds. The summed E-state index contributed by atoms with van der Waals surface area (Å²) >= 11 is 12.5. The molecule has 4 aromatic rings. The monoisotopic (exact) mass is 491 g/mol. The summed E-state index contributed by atoms with van der Waals surface area (Å²) in [6.07, 6.45) is -1.62. The van der Waals surface area contributed by atoms with Crippen molar-refractivity contribution in [3.63, 3.8) is 0 Å². The Labute approximate surface area is 194 Å². The van der Waals surface area contributed by atoms with Crippen LogP contribution in [-0.4, -0.2) is 29.7 Å². The Morgan fingerprint density at radius 3 is 2.58 bits per heavy atom. The summed E-state index contributed by atoms with van der Waals surface area (Å²) in [6, 6.07) is 5.31. The SMILES string of the molecule is CC(Nc1nc(N)nc(C(F)F)c1C#N)c1nc2c(Cl)ccc(Cl)c2c(=O)n1-c1ccn[nH]1. The number of nitrogens with zero attached hydrogens (tertiary/aromatic N) is 6. The quantitative estimate of drug-likeness (QED) is 0.381. The number of hydrogen-bond acceptors (Lipinski definition) is 8. The summed E-state index contributed by atoms with van der Waals surface area (Å²) in [5.41, 5.74) is 3.86. The molecule has 1 aromatic carbocycles. The molecule has 0 spiro atoms. The third kappa shape index (κ3) is 3.92. The van der Waals surface area contributed by atoms with Crippen molar-refractivity contribution in [3.8, 4) is 11.9 Å². The van der Waals surface area contributed by atoms with Gasteiger partial charge in [0, 0.05) is 6.07 Å². The van der Waals surface area contributed by atoms with E-state index in [0.717, 1.165) is 0 Å². The van der Waals surface area contributed by atoms with Gasteiger partial charge in [-0.2, -0.15) is 15.3 Å². The lowest BCUT2D eigenvalue weighted by Crippen LogP contribution is -2.28. The van der Waals surface area contributed by atoms with Gasteiger partial charge < -0.3 is 11.1 Å². The van der Waals surface area contributed by atoms with Crippen LogP contribution in [0.3, 0.4) is 0 Å². The number of fused-ring (bicyclic) bond motifs is 1. The molecule has 0 saturated carbocycles. The molecule has 0 aliphatic rings. The zero-order valence-electron chi connectivity index (χ0n) is 16.6. The number of nitrogens with one attached hydrogen (secondary N) is 2. The maximum absolute atomic E-state index is 13.4. The molecule has 14 heteroatoms. The molecule has 0 saturated heterocycles. The molecule has 0 fully saturated rings. The predicted molar refractivity (Wildman–Crippen MR) is 118 cm³/mol. The third-order valence-corrected chi connectivity index (χ3v) is 5.31. The van der Waals surface area contributed by atoms with E-state index in [1.807, 2.05) is 0 Å². The van der Waals surface area contributed by atoms with Crippen molar-refractivity contribution in [1.29, 1.82) is 5.26 Å². The Kier molecular flexibility index (Phi) is 5.84. The van der Waals surface area contributed by atoms with E-state index in [9.17, 15) is 18.8 Å². The van der Waals surface area contributed by atoms with Crippen LogP contribution >= 0.6 is 23.2 Å². The highest BCUT2D eigenvalue weighted by Crippen LogP contribution is 2.31. The topological polar surface area (TPSA) is 151 Å². The molecule has 0 bridgehead atoms. The van der Waals surface area contributed by atoms with Gasteiger partial charge in [0.15, 0.2) is 5.82 Å². The van der Waals surface area contributed by atoms with Crippen LogP contribution in [0.15, 0.2) is 29.2 Å². The van der Waals surface area contributed by atoms with Gasteiger partial charge in [-0.15, -0.1) is 0 Å². The summed E-state index contributed by atoms with van der Waals surface area (Å²) in [5.74, 6) is -0.313. The number of rotatable bonds is 5. The highest BCUT2D eigenvalue weighted by Gasteiger charge is 2.25. The lowest BCUT2D eigenvalue weighted by molar-refractivity contribution is 0.146. The Balaban J connectivity index is 1.94. The van der Waals surface area contributed by atoms with E-state index < -0.39 is 35.2 Å². The average molecular weight is 492 g/mol. The molecule has 4 rings (SSSR count). The molecule has 1 atom stereocenters. The predicted octanol–water partition coefficient (Wildman–Crippen LogP) is 3.77. The number of nitrogen functional groups attached to an aromatic ring is 1. The van der Waals surface area contributed by atoms with Crippen molar-refractivity contribution in [2.24, 2.45) is 0 Å². The van der Waals surface area contributed by atoms with E-state index in [4.69, 9.17) is 28.9 Å². The molecular weight excluding hydrogens is 479 g/mol. The van der Waals surface area contributed by atoms with E-state index in [1.165, 1.54) is 29.0 Å². The summed E-state index contributed by atoms with van der Waals surface area (Å²) in [5, 5.41) is 19.2. The fourth-order valence-corrected chi connectivity index (χ4v) is 3.70. The maximum Gasteiger partial charge on any atom is 0.281 e. The minimum atomic E-state index is -3.05. The smallest absolute Gasteiger partial charge is 0.281 e. The first-order valence-corrected chi connectivity index (χ1v) is 10.0. The number of nitrogens with two attached hydrogens (primary N) is 1. The standard InChI is InChI=1S/C19H13Cl2F2N9O/c1-7(27-16-8(6-24)13(15(22)23)29-19(25)30-16)17-28-14-10(21)3-2-9(20)12(14)18(33)32(17)11-4-5-26-31-11/h2-5,7,15H,1H3,(H,26,31)(H3,25,27,29,30). The maximum atomic E-state index is 13.4. The molecule has 0 aliphatic carbocycles. The van der Waals surface area contributed by atoms with Crippen molar-refractivity contribution in [3.05, 3.63) is 61.9 Å². The number of aromatic nitrogens is 6. The van der Waals surface area contributed by atoms with Crippen molar-refractivity contribution >= 4 is 45.9 Å². The first-order valence-electron chi connectivity index (χ1n) is 9.25. The van der Waals surface area contributed by atoms with Gasteiger partial charge in [0.2, 0.25) is 5.95 Å². The van der Waals surface area contributed by atoms with E-state index in [-0.39, 0.29) is 38.4 Å². The summed E-state index contributed by atoms with van der Waals surface area (Å²) in [4.78, 5) is 25.3. The van der Waals surface area contributed by atoms with Gasteiger partial charge in [-0.3, -0.25) is 9.89 Å². The lowest BCUT2D eigenvalue weighted by Gasteiger charge is -2.20. The van der Waals surface area contributed by atoms with Crippen LogP contribution in [0.5, 0.6) is 0 Å². The number of nitriles is 1.